The number of benzene rings is 1. The summed E-state index contributed by atoms with van der Waals surface area (Å²) in [5.74, 6) is 0.594. The number of amides is 2. The highest BCUT2D eigenvalue weighted by atomic mass is 19.4. The fourth-order valence-corrected chi connectivity index (χ4v) is 2.19. The highest BCUT2D eigenvalue weighted by molar-refractivity contribution is 5.74. The van der Waals surface area contributed by atoms with Gasteiger partial charge in [-0.2, -0.15) is 13.2 Å². The molecule has 0 bridgehead atoms. The summed E-state index contributed by atoms with van der Waals surface area (Å²) in [6.07, 6.45) is -1.98. The first-order valence-electron chi connectivity index (χ1n) is 7.60. The topological polar surface area (TPSA) is 50.4 Å². The zero-order valence-corrected chi connectivity index (χ0v) is 13.0. The fraction of sp³-hybridized carbons (Fsp3) is 0.562. The molecule has 7 heteroatoms. The molecule has 23 heavy (non-hydrogen) atoms. The van der Waals surface area contributed by atoms with Gasteiger partial charge in [-0.3, -0.25) is 0 Å². The summed E-state index contributed by atoms with van der Waals surface area (Å²) in [6.45, 7) is 1.02. The lowest BCUT2D eigenvalue weighted by atomic mass is 10.1. The Kier molecular flexibility index (Phi) is 5.87. The van der Waals surface area contributed by atoms with Gasteiger partial charge in [0.25, 0.3) is 0 Å². The van der Waals surface area contributed by atoms with E-state index in [-0.39, 0.29) is 18.7 Å². The van der Waals surface area contributed by atoms with Crippen LogP contribution in [0.25, 0.3) is 0 Å². The molecule has 0 aromatic heterocycles. The van der Waals surface area contributed by atoms with Crippen LogP contribution in [0.1, 0.15) is 30.9 Å². The Labute approximate surface area is 133 Å². The second-order valence-corrected chi connectivity index (χ2v) is 5.88. The van der Waals surface area contributed by atoms with Crippen LogP contribution in [0.3, 0.4) is 0 Å². The van der Waals surface area contributed by atoms with E-state index in [1.807, 2.05) is 6.92 Å². The van der Waals surface area contributed by atoms with E-state index in [2.05, 4.69) is 15.4 Å². The molecule has 2 N–H and O–H groups in total. The number of halogens is 3. The molecule has 4 nitrogen and oxygen atoms in total. The number of hydrogen-bond acceptors (Lipinski definition) is 2. The van der Waals surface area contributed by atoms with Gasteiger partial charge in [-0.15, -0.1) is 0 Å². The van der Waals surface area contributed by atoms with E-state index < -0.39 is 12.8 Å². The van der Waals surface area contributed by atoms with Crippen molar-refractivity contribution in [3.63, 3.8) is 0 Å². The van der Waals surface area contributed by atoms with Gasteiger partial charge in [0, 0.05) is 12.6 Å². The molecule has 0 radical (unpaired) electrons. The van der Waals surface area contributed by atoms with Crippen LogP contribution in [-0.4, -0.2) is 24.9 Å². The van der Waals surface area contributed by atoms with Crippen LogP contribution in [0, 0.1) is 5.92 Å². The molecule has 0 saturated heterocycles. The second kappa shape index (κ2) is 7.68. The van der Waals surface area contributed by atoms with Gasteiger partial charge < -0.3 is 15.4 Å². The maximum Gasteiger partial charge on any atom is 0.411 e. The number of hydrogen-bond donors (Lipinski definition) is 2. The van der Waals surface area contributed by atoms with Crippen molar-refractivity contribution >= 4 is 6.03 Å². The van der Waals surface area contributed by atoms with Crippen molar-refractivity contribution in [3.05, 3.63) is 35.4 Å². The molecule has 1 aliphatic rings. The molecule has 1 aromatic rings. The minimum atomic E-state index is -4.31. The van der Waals surface area contributed by atoms with Crippen molar-refractivity contribution < 1.29 is 22.7 Å². The average molecular weight is 330 g/mol. The van der Waals surface area contributed by atoms with Gasteiger partial charge in [-0.05, 0) is 36.8 Å². The number of ether oxygens (including phenoxy) is 1. The SMILES string of the molecule is CC(NC(=O)NCc1ccc(COCC(F)(F)F)cc1)C1CC1. The standard InChI is InChI=1S/C16H21F3N2O2/c1-11(14-6-7-14)21-15(22)20-8-12-2-4-13(5-3-12)9-23-10-16(17,18)19/h2-5,11,14H,6-10H2,1H3,(H2,20,21,22). The van der Waals surface area contributed by atoms with E-state index >= 15 is 0 Å². The molecule has 0 heterocycles. The Hall–Kier alpha value is -1.76. The molecule has 1 fully saturated rings. The van der Waals surface area contributed by atoms with Crippen LogP contribution in [0.2, 0.25) is 0 Å². The monoisotopic (exact) mass is 330 g/mol. The predicted octanol–water partition coefficient (Wildman–Crippen LogP) is 3.36. The molecule has 0 spiro atoms. The third kappa shape index (κ3) is 6.90. The summed E-state index contributed by atoms with van der Waals surface area (Å²) < 4.78 is 40.5. The lowest BCUT2D eigenvalue weighted by Gasteiger charge is -2.14. The van der Waals surface area contributed by atoms with Crippen LogP contribution in [0.5, 0.6) is 0 Å². The number of carbonyl (C=O) groups is 1. The van der Waals surface area contributed by atoms with Gasteiger partial charge in [-0.25, -0.2) is 4.79 Å². The first-order chi connectivity index (χ1) is 10.8. The molecule has 2 amide bonds. The molecular formula is C16H21F3N2O2. The van der Waals surface area contributed by atoms with Crippen molar-refractivity contribution in [2.24, 2.45) is 5.92 Å². The fourth-order valence-electron chi connectivity index (χ4n) is 2.19. The zero-order chi connectivity index (χ0) is 16.9. The smallest absolute Gasteiger partial charge is 0.367 e. The van der Waals surface area contributed by atoms with Crippen LogP contribution in [0.15, 0.2) is 24.3 Å². The zero-order valence-electron chi connectivity index (χ0n) is 13.0. The summed E-state index contributed by atoms with van der Waals surface area (Å²) in [5, 5.41) is 5.65. The number of nitrogens with one attached hydrogen (secondary N) is 2. The first-order valence-corrected chi connectivity index (χ1v) is 7.60. The molecule has 2 rings (SSSR count). The van der Waals surface area contributed by atoms with Crippen LogP contribution < -0.4 is 10.6 Å². The van der Waals surface area contributed by atoms with E-state index in [1.54, 1.807) is 24.3 Å². The van der Waals surface area contributed by atoms with Gasteiger partial charge in [0.15, 0.2) is 0 Å². The van der Waals surface area contributed by atoms with Crippen molar-refractivity contribution in [1.82, 2.24) is 10.6 Å². The van der Waals surface area contributed by atoms with Crippen molar-refractivity contribution in [2.45, 2.75) is 45.1 Å². The quantitative estimate of drug-likeness (QED) is 0.805. The molecule has 128 valence electrons. The maximum atomic E-state index is 12.0. The lowest BCUT2D eigenvalue weighted by molar-refractivity contribution is -0.176. The molecule has 1 aliphatic carbocycles. The van der Waals surface area contributed by atoms with Gasteiger partial charge >= 0.3 is 12.2 Å². The van der Waals surface area contributed by atoms with Gasteiger partial charge in [0.05, 0.1) is 6.61 Å². The minimum Gasteiger partial charge on any atom is -0.367 e. The third-order valence-corrected chi connectivity index (χ3v) is 3.70. The lowest BCUT2D eigenvalue weighted by Crippen LogP contribution is -2.41. The average Bonchev–Trinajstić information content (AvgIpc) is 3.30. The maximum absolute atomic E-state index is 12.0. The van der Waals surface area contributed by atoms with Crippen LogP contribution in [0.4, 0.5) is 18.0 Å². The highest BCUT2D eigenvalue weighted by Gasteiger charge is 2.29. The molecule has 1 atom stereocenters. The van der Waals surface area contributed by atoms with E-state index in [9.17, 15) is 18.0 Å². The Morgan fingerprint density at radius 1 is 1.26 bits per heavy atom. The summed E-state index contributed by atoms with van der Waals surface area (Å²) in [5.41, 5.74) is 1.53. The summed E-state index contributed by atoms with van der Waals surface area (Å²) >= 11 is 0. The normalized spacial score (nSPS) is 16.0. The van der Waals surface area contributed by atoms with Gasteiger partial charge in [0.2, 0.25) is 0 Å². The van der Waals surface area contributed by atoms with Crippen molar-refractivity contribution in [3.8, 4) is 0 Å². The van der Waals surface area contributed by atoms with Crippen LogP contribution in [-0.2, 0) is 17.9 Å². The summed E-state index contributed by atoms with van der Waals surface area (Å²) in [6, 6.07) is 6.88. The molecule has 1 saturated carbocycles. The first kappa shape index (κ1) is 17.6. The van der Waals surface area contributed by atoms with Gasteiger partial charge in [-0.1, -0.05) is 24.3 Å². The Bertz CT molecular complexity index is 513. The molecule has 0 aliphatic heterocycles. The van der Waals surface area contributed by atoms with Crippen molar-refractivity contribution in [1.29, 1.82) is 0 Å². The number of alkyl halides is 3. The number of urea groups is 1. The minimum absolute atomic E-state index is 0.0907. The van der Waals surface area contributed by atoms with E-state index in [1.165, 1.54) is 12.8 Å². The molecule has 1 unspecified atom stereocenters. The van der Waals surface area contributed by atoms with Gasteiger partial charge in [0.1, 0.15) is 6.61 Å². The van der Waals surface area contributed by atoms with E-state index in [0.29, 0.717) is 18.0 Å². The van der Waals surface area contributed by atoms with Crippen molar-refractivity contribution in [2.75, 3.05) is 6.61 Å². The number of carbonyl (C=O) groups excluding carboxylic acids is 1. The number of rotatable bonds is 7. The van der Waals surface area contributed by atoms with Crippen LogP contribution >= 0.6 is 0 Å². The summed E-state index contributed by atoms with van der Waals surface area (Å²) in [7, 11) is 0. The largest absolute Gasteiger partial charge is 0.411 e. The molecule has 1 aromatic carbocycles. The van der Waals surface area contributed by atoms with E-state index in [4.69, 9.17) is 0 Å². The Balaban J connectivity index is 1.68. The summed E-state index contributed by atoms with van der Waals surface area (Å²) in [4.78, 5) is 11.7. The highest BCUT2D eigenvalue weighted by Crippen LogP contribution is 2.32. The molecular weight excluding hydrogens is 309 g/mol. The third-order valence-electron chi connectivity index (χ3n) is 3.70. The van der Waals surface area contributed by atoms with E-state index in [0.717, 1.165) is 5.56 Å². The Morgan fingerprint density at radius 2 is 1.87 bits per heavy atom. The predicted molar refractivity (Wildman–Crippen MR) is 79.7 cm³/mol. The Morgan fingerprint density at radius 3 is 2.43 bits per heavy atom. The second-order valence-electron chi connectivity index (χ2n) is 5.88.